The fourth-order valence-corrected chi connectivity index (χ4v) is 2.17. The van der Waals surface area contributed by atoms with E-state index in [0.29, 0.717) is 19.1 Å². The highest BCUT2D eigenvalue weighted by Crippen LogP contribution is 2.29. The molecule has 1 aromatic carbocycles. The number of unbranched alkanes of at least 4 members (excludes halogenated alkanes) is 1. The molecule has 0 aliphatic carbocycles. The van der Waals surface area contributed by atoms with Crippen LogP contribution in [0.5, 0.6) is 11.5 Å². The molecule has 0 aliphatic rings. The average molecular weight is 279 g/mol. The average Bonchev–Trinajstić information content (AvgIpc) is 2.48. The molecular formula is C17H29NO2. The van der Waals surface area contributed by atoms with Crippen LogP contribution in [0.4, 0.5) is 0 Å². The van der Waals surface area contributed by atoms with Crippen molar-refractivity contribution in [2.75, 3.05) is 13.2 Å². The van der Waals surface area contributed by atoms with Gasteiger partial charge in [0, 0.05) is 6.54 Å². The summed E-state index contributed by atoms with van der Waals surface area (Å²) in [5.74, 6) is 2.26. The minimum Gasteiger partial charge on any atom is -0.490 e. The SMILES string of the molecule is CCCCC(CC)COc1ccc(CN)cc1OCC. The Labute approximate surface area is 123 Å². The topological polar surface area (TPSA) is 44.5 Å². The molecule has 2 N–H and O–H groups in total. The third kappa shape index (κ3) is 5.41. The maximum atomic E-state index is 5.97. The zero-order valence-electron chi connectivity index (χ0n) is 13.2. The van der Waals surface area contributed by atoms with Crippen molar-refractivity contribution in [2.45, 2.75) is 53.0 Å². The lowest BCUT2D eigenvalue weighted by Gasteiger charge is -2.18. The molecule has 114 valence electrons. The van der Waals surface area contributed by atoms with E-state index in [9.17, 15) is 0 Å². The maximum absolute atomic E-state index is 5.97. The van der Waals surface area contributed by atoms with Crippen LogP contribution in [0.25, 0.3) is 0 Å². The summed E-state index contributed by atoms with van der Waals surface area (Å²) in [5, 5.41) is 0. The van der Waals surface area contributed by atoms with Gasteiger partial charge in [0.1, 0.15) is 0 Å². The molecule has 1 aromatic rings. The van der Waals surface area contributed by atoms with Gasteiger partial charge >= 0.3 is 0 Å². The van der Waals surface area contributed by atoms with Crippen molar-refractivity contribution in [1.29, 1.82) is 0 Å². The lowest BCUT2D eigenvalue weighted by atomic mass is 10.0. The standard InChI is InChI=1S/C17H29NO2/c1-4-7-8-14(5-2)13-20-16-10-9-15(12-18)11-17(16)19-6-3/h9-11,14H,4-8,12-13,18H2,1-3H3. The first-order valence-electron chi connectivity index (χ1n) is 7.83. The zero-order valence-corrected chi connectivity index (χ0v) is 13.2. The fraction of sp³-hybridized carbons (Fsp3) is 0.647. The van der Waals surface area contributed by atoms with Crippen molar-refractivity contribution in [3.8, 4) is 11.5 Å². The molecule has 0 bridgehead atoms. The maximum Gasteiger partial charge on any atom is 0.161 e. The fourth-order valence-electron chi connectivity index (χ4n) is 2.17. The third-order valence-electron chi connectivity index (χ3n) is 3.56. The number of benzene rings is 1. The van der Waals surface area contributed by atoms with Crippen LogP contribution in [-0.4, -0.2) is 13.2 Å². The summed E-state index contributed by atoms with van der Waals surface area (Å²) < 4.78 is 11.6. The van der Waals surface area contributed by atoms with Crippen LogP contribution in [0.1, 0.15) is 52.0 Å². The Morgan fingerprint density at radius 1 is 1.10 bits per heavy atom. The van der Waals surface area contributed by atoms with Gasteiger partial charge in [-0.2, -0.15) is 0 Å². The van der Waals surface area contributed by atoms with Crippen LogP contribution < -0.4 is 15.2 Å². The van der Waals surface area contributed by atoms with Crippen LogP contribution in [0, 0.1) is 5.92 Å². The van der Waals surface area contributed by atoms with Gasteiger partial charge in [0.05, 0.1) is 13.2 Å². The molecule has 0 heterocycles. The molecule has 0 aromatic heterocycles. The van der Waals surface area contributed by atoms with E-state index in [2.05, 4.69) is 13.8 Å². The molecular weight excluding hydrogens is 250 g/mol. The van der Waals surface area contributed by atoms with E-state index in [4.69, 9.17) is 15.2 Å². The first kappa shape index (κ1) is 16.8. The molecule has 0 saturated heterocycles. The van der Waals surface area contributed by atoms with Crippen LogP contribution in [0.15, 0.2) is 18.2 Å². The molecule has 3 heteroatoms. The summed E-state index contributed by atoms with van der Waals surface area (Å²) in [7, 11) is 0. The Bertz CT molecular complexity index is 379. The second-order valence-electron chi connectivity index (χ2n) is 5.15. The Morgan fingerprint density at radius 3 is 2.50 bits per heavy atom. The molecule has 1 atom stereocenters. The van der Waals surface area contributed by atoms with Gasteiger partial charge in [0.15, 0.2) is 11.5 Å². The highest BCUT2D eigenvalue weighted by molar-refractivity contribution is 5.43. The van der Waals surface area contributed by atoms with E-state index in [1.165, 1.54) is 19.3 Å². The summed E-state index contributed by atoms with van der Waals surface area (Å²) in [6, 6.07) is 5.95. The van der Waals surface area contributed by atoms with Gasteiger partial charge < -0.3 is 15.2 Å². The summed E-state index contributed by atoms with van der Waals surface area (Å²) >= 11 is 0. The van der Waals surface area contributed by atoms with Gasteiger partial charge in [-0.05, 0) is 37.0 Å². The van der Waals surface area contributed by atoms with E-state index < -0.39 is 0 Å². The van der Waals surface area contributed by atoms with Crippen molar-refractivity contribution in [1.82, 2.24) is 0 Å². The van der Waals surface area contributed by atoms with Crippen molar-refractivity contribution < 1.29 is 9.47 Å². The normalized spacial score (nSPS) is 12.2. The van der Waals surface area contributed by atoms with Crippen LogP contribution in [0.2, 0.25) is 0 Å². The molecule has 0 amide bonds. The Balaban J connectivity index is 2.65. The Morgan fingerprint density at radius 2 is 1.90 bits per heavy atom. The molecule has 0 aliphatic heterocycles. The second-order valence-corrected chi connectivity index (χ2v) is 5.15. The molecule has 1 rings (SSSR count). The van der Waals surface area contributed by atoms with Gasteiger partial charge in [-0.25, -0.2) is 0 Å². The van der Waals surface area contributed by atoms with Crippen molar-refractivity contribution in [3.05, 3.63) is 23.8 Å². The highest BCUT2D eigenvalue weighted by atomic mass is 16.5. The van der Waals surface area contributed by atoms with E-state index in [0.717, 1.165) is 30.1 Å². The first-order chi connectivity index (χ1) is 9.74. The first-order valence-corrected chi connectivity index (χ1v) is 7.83. The van der Waals surface area contributed by atoms with E-state index in [-0.39, 0.29) is 0 Å². The number of hydrogen-bond donors (Lipinski definition) is 1. The van der Waals surface area contributed by atoms with Gasteiger partial charge in [0.2, 0.25) is 0 Å². The van der Waals surface area contributed by atoms with E-state index in [1.807, 2.05) is 25.1 Å². The number of hydrogen-bond acceptors (Lipinski definition) is 3. The van der Waals surface area contributed by atoms with Crippen LogP contribution >= 0.6 is 0 Å². The van der Waals surface area contributed by atoms with Gasteiger partial charge in [0.25, 0.3) is 0 Å². The quantitative estimate of drug-likeness (QED) is 0.700. The van der Waals surface area contributed by atoms with E-state index >= 15 is 0 Å². The predicted octanol–water partition coefficient (Wildman–Crippen LogP) is 4.14. The summed E-state index contributed by atoms with van der Waals surface area (Å²) in [6.45, 7) is 8.36. The van der Waals surface area contributed by atoms with Crippen molar-refractivity contribution in [3.63, 3.8) is 0 Å². The molecule has 1 unspecified atom stereocenters. The molecule has 0 saturated carbocycles. The summed E-state index contributed by atoms with van der Waals surface area (Å²) in [5.41, 5.74) is 6.74. The second kappa shape index (κ2) is 9.65. The van der Waals surface area contributed by atoms with E-state index in [1.54, 1.807) is 0 Å². The molecule has 0 radical (unpaired) electrons. The zero-order chi connectivity index (χ0) is 14.8. The number of nitrogens with two attached hydrogens (primary N) is 1. The molecule has 20 heavy (non-hydrogen) atoms. The van der Waals surface area contributed by atoms with Gasteiger partial charge in [-0.3, -0.25) is 0 Å². The smallest absolute Gasteiger partial charge is 0.161 e. The van der Waals surface area contributed by atoms with Gasteiger partial charge in [-0.1, -0.05) is 39.2 Å². The summed E-state index contributed by atoms with van der Waals surface area (Å²) in [6.07, 6.45) is 4.90. The molecule has 0 fully saturated rings. The molecule has 0 spiro atoms. The lowest BCUT2D eigenvalue weighted by Crippen LogP contribution is -2.12. The minimum atomic E-state index is 0.522. The van der Waals surface area contributed by atoms with Crippen molar-refractivity contribution >= 4 is 0 Å². The van der Waals surface area contributed by atoms with Gasteiger partial charge in [-0.15, -0.1) is 0 Å². The lowest BCUT2D eigenvalue weighted by molar-refractivity contribution is 0.219. The monoisotopic (exact) mass is 279 g/mol. The third-order valence-corrected chi connectivity index (χ3v) is 3.56. The summed E-state index contributed by atoms with van der Waals surface area (Å²) in [4.78, 5) is 0. The predicted molar refractivity (Wildman–Crippen MR) is 84.3 cm³/mol. The van der Waals surface area contributed by atoms with Crippen LogP contribution in [-0.2, 0) is 6.54 Å². The number of ether oxygens (including phenoxy) is 2. The number of rotatable bonds is 10. The van der Waals surface area contributed by atoms with Crippen LogP contribution in [0.3, 0.4) is 0 Å². The molecule has 3 nitrogen and oxygen atoms in total. The Hall–Kier alpha value is -1.22. The highest BCUT2D eigenvalue weighted by Gasteiger charge is 2.10. The largest absolute Gasteiger partial charge is 0.490 e. The van der Waals surface area contributed by atoms with Crippen molar-refractivity contribution in [2.24, 2.45) is 11.7 Å². The minimum absolute atomic E-state index is 0.522. The Kier molecular flexibility index (Phi) is 8.12.